The largest absolute Gasteiger partial charge is 0.303 e. The van der Waals surface area contributed by atoms with E-state index in [2.05, 4.69) is 34.0 Å². The molecule has 1 aromatic heterocycles. The molecule has 0 spiro atoms. The van der Waals surface area contributed by atoms with Crippen LogP contribution in [-0.4, -0.2) is 34.5 Å². The molecule has 0 N–H and O–H groups in total. The summed E-state index contributed by atoms with van der Waals surface area (Å²) in [6.45, 7) is 1.21. The molecule has 1 aliphatic heterocycles. The number of hydrogen-bond acceptors (Lipinski definition) is 3. The first kappa shape index (κ1) is 10.7. The Morgan fingerprint density at radius 1 is 1.35 bits per heavy atom. The molecule has 1 saturated heterocycles. The van der Waals surface area contributed by atoms with Crippen LogP contribution < -0.4 is 0 Å². The number of fused-ring (bicyclic) bond motifs is 1. The number of hydrogen-bond donors (Lipinski definition) is 0. The van der Waals surface area contributed by atoms with E-state index < -0.39 is 0 Å². The standard InChI is InChI=1S/C14H17N3/c1-17-8-4-6-12(17)9-14-15-10-11-5-2-3-7-13(11)16-14/h2-3,5,7,10,12H,4,6,8-9H2,1H3/t12-/m0/s1. The van der Waals surface area contributed by atoms with Crippen LogP contribution in [0, 0.1) is 0 Å². The zero-order valence-corrected chi connectivity index (χ0v) is 10.1. The van der Waals surface area contributed by atoms with E-state index in [4.69, 9.17) is 0 Å². The minimum atomic E-state index is 0.621. The number of benzene rings is 1. The topological polar surface area (TPSA) is 29.0 Å². The van der Waals surface area contributed by atoms with Crippen LogP contribution in [-0.2, 0) is 6.42 Å². The summed E-state index contributed by atoms with van der Waals surface area (Å²) in [6.07, 6.45) is 5.48. The van der Waals surface area contributed by atoms with E-state index in [1.807, 2.05) is 18.3 Å². The van der Waals surface area contributed by atoms with Gasteiger partial charge in [0, 0.05) is 24.0 Å². The lowest BCUT2D eigenvalue weighted by Gasteiger charge is -2.18. The fraction of sp³-hybridized carbons (Fsp3) is 0.429. The lowest BCUT2D eigenvalue weighted by molar-refractivity contribution is 0.306. The molecule has 3 nitrogen and oxygen atoms in total. The van der Waals surface area contributed by atoms with Gasteiger partial charge >= 0.3 is 0 Å². The number of para-hydroxylation sites is 1. The van der Waals surface area contributed by atoms with Crippen LogP contribution >= 0.6 is 0 Å². The molecule has 0 radical (unpaired) electrons. The van der Waals surface area contributed by atoms with Crippen LogP contribution in [0.3, 0.4) is 0 Å². The summed E-state index contributed by atoms with van der Waals surface area (Å²) in [5, 5.41) is 1.12. The number of aromatic nitrogens is 2. The summed E-state index contributed by atoms with van der Waals surface area (Å²) in [7, 11) is 2.19. The highest BCUT2D eigenvalue weighted by Gasteiger charge is 2.21. The molecule has 1 aromatic carbocycles. The van der Waals surface area contributed by atoms with E-state index in [0.717, 1.165) is 23.1 Å². The number of likely N-dealkylation sites (N-methyl/N-ethyl adjacent to an activating group) is 1. The Labute approximate surface area is 101 Å². The first-order valence-electron chi connectivity index (χ1n) is 6.24. The average Bonchev–Trinajstić information content (AvgIpc) is 2.75. The Morgan fingerprint density at radius 3 is 3.06 bits per heavy atom. The molecule has 1 atom stereocenters. The third-order valence-corrected chi connectivity index (χ3v) is 3.63. The summed E-state index contributed by atoms with van der Waals surface area (Å²) in [5.74, 6) is 0.974. The van der Waals surface area contributed by atoms with Gasteiger partial charge in [-0.3, -0.25) is 0 Å². The molecule has 3 rings (SSSR count). The van der Waals surface area contributed by atoms with Crippen LogP contribution in [0.2, 0.25) is 0 Å². The third kappa shape index (κ3) is 2.15. The molecule has 0 unspecified atom stereocenters. The molecule has 88 valence electrons. The van der Waals surface area contributed by atoms with Crippen molar-refractivity contribution < 1.29 is 0 Å². The maximum atomic E-state index is 4.64. The zero-order valence-electron chi connectivity index (χ0n) is 10.1. The molecule has 1 aliphatic rings. The Morgan fingerprint density at radius 2 is 2.24 bits per heavy atom. The van der Waals surface area contributed by atoms with Gasteiger partial charge in [0.25, 0.3) is 0 Å². The second-order valence-electron chi connectivity index (χ2n) is 4.83. The molecule has 1 fully saturated rings. The van der Waals surface area contributed by atoms with Gasteiger partial charge in [0.05, 0.1) is 5.52 Å². The fourth-order valence-electron chi connectivity index (χ4n) is 2.56. The molecule has 0 amide bonds. The van der Waals surface area contributed by atoms with Crippen LogP contribution in [0.1, 0.15) is 18.7 Å². The monoisotopic (exact) mass is 227 g/mol. The van der Waals surface area contributed by atoms with Crippen LogP contribution in [0.5, 0.6) is 0 Å². The van der Waals surface area contributed by atoms with Crippen molar-refractivity contribution in [3.8, 4) is 0 Å². The second kappa shape index (κ2) is 4.41. The lowest BCUT2D eigenvalue weighted by atomic mass is 10.1. The van der Waals surface area contributed by atoms with Crippen molar-refractivity contribution in [2.75, 3.05) is 13.6 Å². The molecule has 0 saturated carbocycles. The number of rotatable bonds is 2. The minimum absolute atomic E-state index is 0.621. The predicted octanol–water partition coefficient (Wildman–Crippen LogP) is 2.27. The van der Waals surface area contributed by atoms with E-state index in [9.17, 15) is 0 Å². The fourth-order valence-corrected chi connectivity index (χ4v) is 2.56. The van der Waals surface area contributed by atoms with Gasteiger partial charge in [0.2, 0.25) is 0 Å². The molecule has 0 aliphatic carbocycles. The highest BCUT2D eigenvalue weighted by molar-refractivity contribution is 5.77. The molecule has 17 heavy (non-hydrogen) atoms. The van der Waals surface area contributed by atoms with E-state index in [1.165, 1.54) is 19.4 Å². The van der Waals surface area contributed by atoms with Gasteiger partial charge < -0.3 is 4.90 Å². The van der Waals surface area contributed by atoms with Crippen molar-refractivity contribution in [2.24, 2.45) is 0 Å². The quantitative estimate of drug-likeness (QED) is 0.788. The third-order valence-electron chi connectivity index (χ3n) is 3.63. The molecule has 2 aromatic rings. The van der Waals surface area contributed by atoms with E-state index >= 15 is 0 Å². The molecular weight excluding hydrogens is 210 g/mol. The van der Waals surface area contributed by atoms with Crippen molar-refractivity contribution in [1.29, 1.82) is 0 Å². The molecular formula is C14H17N3. The first-order valence-corrected chi connectivity index (χ1v) is 6.24. The summed E-state index contributed by atoms with van der Waals surface area (Å²) in [5.41, 5.74) is 1.05. The van der Waals surface area contributed by atoms with Gasteiger partial charge in [-0.15, -0.1) is 0 Å². The predicted molar refractivity (Wildman–Crippen MR) is 68.9 cm³/mol. The summed E-state index contributed by atoms with van der Waals surface area (Å²) in [6, 6.07) is 8.78. The molecule has 3 heteroatoms. The van der Waals surface area contributed by atoms with Crippen molar-refractivity contribution in [2.45, 2.75) is 25.3 Å². The van der Waals surface area contributed by atoms with E-state index in [0.29, 0.717) is 6.04 Å². The van der Waals surface area contributed by atoms with Crippen molar-refractivity contribution in [3.05, 3.63) is 36.3 Å². The highest BCUT2D eigenvalue weighted by atomic mass is 15.1. The van der Waals surface area contributed by atoms with Gasteiger partial charge in [-0.1, -0.05) is 18.2 Å². The summed E-state index contributed by atoms with van der Waals surface area (Å²) >= 11 is 0. The maximum absolute atomic E-state index is 4.64. The van der Waals surface area contributed by atoms with Crippen molar-refractivity contribution in [1.82, 2.24) is 14.9 Å². The van der Waals surface area contributed by atoms with Gasteiger partial charge in [0.1, 0.15) is 5.82 Å². The highest BCUT2D eigenvalue weighted by Crippen LogP contribution is 2.18. The van der Waals surface area contributed by atoms with Gasteiger partial charge in [-0.05, 0) is 32.5 Å². The van der Waals surface area contributed by atoms with Crippen LogP contribution in [0.4, 0.5) is 0 Å². The van der Waals surface area contributed by atoms with E-state index in [-0.39, 0.29) is 0 Å². The minimum Gasteiger partial charge on any atom is -0.303 e. The normalized spacial score (nSPS) is 21.1. The Bertz CT molecular complexity index is 524. The van der Waals surface area contributed by atoms with Crippen LogP contribution in [0.15, 0.2) is 30.5 Å². The van der Waals surface area contributed by atoms with Crippen LogP contribution in [0.25, 0.3) is 10.9 Å². The average molecular weight is 227 g/mol. The Balaban J connectivity index is 1.85. The lowest BCUT2D eigenvalue weighted by Crippen LogP contribution is -2.27. The first-order chi connectivity index (χ1) is 8.33. The number of nitrogens with zero attached hydrogens (tertiary/aromatic N) is 3. The number of likely N-dealkylation sites (tertiary alicyclic amines) is 1. The second-order valence-corrected chi connectivity index (χ2v) is 4.83. The summed E-state index contributed by atoms with van der Waals surface area (Å²) < 4.78 is 0. The summed E-state index contributed by atoms with van der Waals surface area (Å²) in [4.78, 5) is 11.5. The Kier molecular flexibility index (Phi) is 2.77. The van der Waals surface area contributed by atoms with Crippen molar-refractivity contribution >= 4 is 10.9 Å². The van der Waals surface area contributed by atoms with Gasteiger partial charge in [0.15, 0.2) is 0 Å². The van der Waals surface area contributed by atoms with Crippen molar-refractivity contribution in [3.63, 3.8) is 0 Å². The maximum Gasteiger partial charge on any atom is 0.130 e. The van der Waals surface area contributed by atoms with Gasteiger partial charge in [-0.2, -0.15) is 0 Å². The van der Waals surface area contributed by atoms with E-state index in [1.54, 1.807) is 0 Å². The smallest absolute Gasteiger partial charge is 0.130 e. The van der Waals surface area contributed by atoms with Gasteiger partial charge in [-0.25, -0.2) is 9.97 Å². The zero-order chi connectivity index (χ0) is 11.7. The Hall–Kier alpha value is -1.48. The SMILES string of the molecule is CN1CCC[C@H]1Cc1ncc2ccccc2n1. The molecule has 2 heterocycles. The molecule has 0 bridgehead atoms.